The first-order valence-electron chi connectivity index (χ1n) is 7.07. The second-order valence-electron chi connectivity index (χ2n) is 5.57. The van der Waals surface area contributed by atoms with Crippen LogP contribution in [0.5, 0.6) is 0 Å². The molecule has 1 atom stereocenters. The van der Waals surface area contributed by atoms with Gasteiger partial charge >= 0.3 is 0 Å². The number of hydrogen-bond donors (Lipinski definition) is 2. The first-order valence-corrected chi connectivity index (χ1v) is 7.44. The molecule has 0 bridgehead atoms. The molecule has 0 aromatic heterocycles. The van der Waals surface area contributed by atoms with Gasteiger partial charge in [0.05, 0.1) is 0 Å². The van der Waals surface area contributed by atoms with Crippen LogP contribution in [0.15, 0.2) is 18.2 Å². The molecule has 1 heterocycles. The van der Waals surface area contributed by atoms with E-state index < -0.39 is 0 Å². The lowest BCUT2D eigenvalue weighted by molar-refractivity contribution is -0.119. The van der Waals surface area contributed by atoms with Crippen molar-refractivity contribution in [2.75, 3.05) is 11.4 Å². The minimum Gasteiger partial charge on any atom is -0.368 e. The van der Waals surface area contributed by atoms with Crippen molar-refractivity contribution in [1.29, 1.82) is 0 Å². The van der Waals surface area contributed by atoms with Gasteiger partial charge in [0.15, 0.2) is 0 Å². The summed E-state index contributed by atoms with van der Waals surface area (Å²) in [6, 6.07) is 6.18. The topological polar surface area (TPSA) is 58.4 Å². The number of hydrogen-bond acceptors (Lipinski definition) is 3. The number of carbonyl (C=O) groups excluding carboxylic acids is 1. The number of halogens is 1. The maximum absolute atomic E-state index is 11.5. The van der Waals surface area contributed by atoms with E-state index in [0.717, 1.165) is 42.2 Å². The Balaban J connectivity index is 2.14. The number of nitrogens with two attached hydrogens (primary N) is 1. The van der Waals surface area contributed by atoms with Crippen LogP contribution in [0, 0.1) is 0 Å². The summed E-state index contributed by atoms with van der Waals surface area (Å²) in [6.45, 7) is 5.80. The highest BCUT2D eigenvalue weighted by Gasteiger charge is 2.29. The zero-order valence-corrected chi connectivity index (χ0v) is 12.8. The molecule has 5 heteroatoms. The van der Waals surface area contributed by atoms with E-state index in [1.807, 2.05) is 23.1 Å². The van der Waals surface area contributed by atoms with Gasteiger partial charge in [-0.1, -0.05) is 31.5 Å². The van der Waals surface area contributed by atoms with Crippen molar-refractivity contribution in [1.82, 2.24) is 5.32 Å². The molecule has 1 fully saturated rings. The molecular weight excluding hydrogens is 274 g/mol. The molecule has 0 radical (unpaired) electrons. The Morgan fingerprint density at radius 3 is 2.90 bits per heavy atom. The molecule has 1 unspecified atom stereocenters. The smallest absolute Gasteiger partial charge is 0.240 e. The summed E-state index contributed by atoms with van der Waals surface area (Å²) in [7, 11) is 0. The third-order valence-corrected chi connectivity index (χ3v) is 4.00. The van der Waals surface area contributed by atoms with Gasteiger partial charge in [0.25, 0.3) is 0 Å². The minimum atomic E-state index is -0.260. The average Bonchev–Trinajstić information content (AvgIpc) is 2.86. The predicted molar refractivity (Wildman–Crippen MR) is 83.0 cm³/mol. The summed E-state index contributed by atoms with van der Waals surface area (Å²) in [5, 5.41) is 4.07. The SMILES string of the molecule is CC(C)NCc1ccc(N2CCCC2C(N)=O)cc1Cl. The van der Waals surface area contributed by atoms with Crippen molar-refractivity contribution in [3.63, 3.8) is 0 Å². The molecule has 4 nitrogen and oxygen atoms in total. The third kappa shape index (κ3) is 3.44. The van der Waals surface area contributed by atoms with Crippen LogP contribution in [0.25, 0.3) is 0 Å². The molecule has 110 valence electrons. The molecule has 1 saturated heterocycles. The van der Waals surface area contributed by atoms with Crippen LogP contribution in [0.2, 0.25) is 5.02 Å². The quantitative estimate of drug-likeness (QED) is 0.876. The predicted octanol–water partition coefficient (Wildman–Crippen LogP) is 2.29. The molecule has 0 aliphatic carbocycles. The molecule has 3 N–H and O–H groups in total. The van der Waals surface area contributed by atoms with Gasteiger partial charge in [0.1, 0.15) is 6.04 Å². The fourth-order valence-corrected chi connectivity index (χ4v) is 2.79. The van der Waals surface area contributed by atoms with Crippen LogP contribution in [-0.4, -0.2) is 24.5 Å². The van der Waals surface area contributed by atoms with E-state index in [4.69, 9.17) is 17.3 Å². The number of amides is 1. The van der Waals surface area contributed by atoms with Crippen LogP contribution in [0.3, 0.4) is 0 Å². The molecular formula is C15H22ClN3O. The maximum Gasteiger partial charge on any atom is 0.240 e. The van der Waals surface area contributed by atoms with Gasteiger partial charge in [0, 0.05) is 29.8 Å². The van der Waals surface area contributed by atoms with Crippen LogP contribution in [0.4, 0.5) is 5.69 Å². The zero-order valence-electron chi connectivity index (χ0n) is 12.0. The number of nitrogens with one attached hydrogen (secondary N) is 1. The largest absolute Gasteiger partial charge is 0.368 e. The Morgan fingerprint density at radius 2 is 2.30 bits per heavy atom. The molecule has 20 heavy (non-hydrogen) atoms. The van der Waals surface area contributed by atoms with Crippen LogP contribution in [-0.2, 0) is 11.3 Å². The summed E-state index contributed by atoms with van der Waals surface area (Å²) in [5.74, 6) is -0.260. The number of rotatable bonds is 5. The Bertz CT molecular complexity index is 490. The highest BCUT2D eigenvalue weighted by Crippen LogP contribution is 2.29. The lowest BCUT2D eigenvalue weighted by Crippen LogP contribution is -2.40. The molecule has 0 spiro atoms. The number of nitrogens with zero attached hydrogens (tertiary/aromatic N) is 1. The fourth-order valence-electron chi connectivity index (χ4n) is 2.54. The van der Waals surface area contributed by atoms with Gasteiger partial charge in [0.2, 0.25) is 5.91 Å². The first-order chi connectivity index (χ1) is 9.49. The second-order valence-corrected chi connectivity index (χ2v) is 5.97. The number of anilines is 1. The van der Waals surface area contributed by atoms with Gasteiger partial charge in [-0.15, -0.1) is 0 Å². The van der Waals surface area contributed by atoms with Crippen molar-refractivity contribution in [3.05, 3.63) is 28.8 Å². The number of carbonyl (C=O) groups is 1. The molecule has 0 saturated carbocycles. The summed E-state index contributed by atoms with van der Waals surface area (Å²) in [5.41, 5.74) is 7.50. The van der Waals surface area contributed by atoms with Gasteiger partial charge < -0.3 is 16.0 Å². The maximum atomic E-state index is 11.5. The average molecular weight is 296 g/mol. The lowest BCUT2D eigenvalue weighted by Gasteiger charge is -2.25. The number of benzene rings is 1. The van der Waals surface area contributed by atoms with Crippen molar-refractivity contribution in [3.8, 4) is 0 Å². The van der Waals surface area contributed by atoms with Crippen LogP contribution >= 0.6 is 11.6 Å². The van der Waals surface area contributed by atoms with E-state index in [2.05, 4.69) is 19.2 Å². The Labute approximate surface area is 125 Å². The molecule has 1 aliphatic rings. The van der Waals surface area contributed by atoms with E-state index in [1.54, 1.807) is 0 Å². The molecule has 1 aliphatic heterocycles. The minimum absolute atomic E-state index is 0.203. The van der Waals surface area contributed by atoms with E-state index in [0.29, 0.717) is 6.04 Å². The highest BCUT2D eigenvalue weighted by molar-refractivity contribution is 6.31. The van der Waals surface area contributed by atoms with Crippen molar-refractivity contribution >= 4 is 23.2 Å². The Kier molecular flexibility index (Phi) is 4.89. The Morgan fingerprint density at radius 1 is 1.55 bits per heavy atom. The van der Waals surface area contributed by atoms with Gasteiger partial charge in [-0.05, 0) is 30.5 Å². The monoisotopic (exact) mass is 295 g/mol. The van der Waals surface area contributed by atoms with E-state index in [-0.39, 0.29) is 11.9 Å². The van der Waals surface area contributed by atoms with Gasteiger partial charge in [-0.3, -0.25) is 4.79 Å². The van der Waals surface area contributed by atoms with E-state index in [1.165, 1.54) is 0 Å². The highest BCUT2D eigenvalue weighted by atomic mass is 35.5. The lowest BCUT2D eigenvalue weighted by atomic mass is 10.1. The van der Waals surface area contributed by atoms with Crippen molar-refractivity contribution < 1.29 is 4.79 Å². The Hall–Kier alpha value is -1.26. The van der Waals surface area contributed by atoms with E-state index >= 15 is 0 Å². The van der Waals surface area contributed by atoms with Gasteiger partial charge in [-0.2, -0.15) is 0 Å². The molecule has 1 amide bonds. The third-order valence-electron chi connectivity index (χ3n) is 3.65. The number of primary amides is 1. The molecule has 1 aromatic carbocycles. The molecule has 2 rings (SSSR count). The standard InChI is InChI=1S/C15H22ClN3O/c1-10(2)18-9-11-5-6-12(8-13(11)16)19-7-3-4-14(19)15(17)20/h5-6,8,10,14,18H,3-4,7,9H2,1-2H3,(H2,17,20). The summed E-state index contributed by atoms with van der Waals surface area (Å²) >= 11 is 6.34. The normalized spacial score (nSPS) is 18.8. The second kappa shape index (κ2) is 6.46. The summed E-state index contributed by atoms with van der Waals surface area (Å²) in [4.78, 5) is 13.5. The summed E-state index contributed by atoms with van der Waals surface area (Å²) < 4.78 is 0. The fraction of sp³-hybridized carbons (Fsp3) is 0.533. The van der Waals surface area contributed by atoms with Gasteiger partial charge in [-0.25, -0.2) is 0 Å². The van der Waals surface area contributed by atoms with Crippen molar-refractivity contribution in [2.24, 2.45) is 5.73 Å². The van der Waals surface area contributed by atoms with Crippen LogP contribution < -0.4 is 16.0 Å². The van der Waals surface area contributed by atoms with E-state index in [9.17, 15) is 4.79 Å². The summed E-state index contributed by atoms with van der Waals surface area (Å²) in [6.07, 6.45) is 1.81. The van der Waals surface area contributed by atoms with Crippen molar-refractivity contribution in [2.45, 2.75) is 45.3 Å². The zero-order chi connectivity index (χ0) is 14.7. The van der Waals surface area contributed by atoms with Crippen LogP contribution in [0.1, 0.15) is 32.3 Å². The molecule has 1 aromatic rings. The first kappa shape index (κ1) is 15.1.